The molecule has 0 bridgehead atoms. The Labute approximate surface area is 97.2 Å². The Hall–Kier alpha value is -0.800. The summed E-state index contributed by atoms with van der Waals surface area (Å²) in [5, 5.41) is 3.61. The molecule has 1 fully saturated rings. The molecule has 1 N–H and O–H groups in total. The van der Waals surface area contributed by atoms with Gasteiger partial charge in [-0.2, -0.15) is 0 Å². The van der Waals surface area contributed by atoms with Crippen LogP contribution in [0.4, 0.5) is 0 Å². The Balaban J connectivity index is 1.88. The highest BCUT2D eigenvalue weighted by Gasteiger charge is 2.17. The second-order valence-corrected chi connectivity index (χ2v) is 4.58. The molecule has 2 rings (SSSR count). The molecule has 1 aliphatic heterocycles. The summed E-state index contributed by atoms with van der Waals surface area (Å²) < 4.78 is 11.1. The minimum absolute atomic E-state index is 0.289. The van der Waals surface area contributed by atoms with Crippen molar-refractivity contribution in [3.63, 3.8) is 0 Å². The molecule has 0 aromatic carbocycles. The molecular formula is C13H21NO2. The predicted molar refractivity (Wildman–Crippen MR) is 63.5 cm³/mol. The summed E-state index contributed by atoms with van der Waals surface area (Å²) in [5.41, 5.74) is 0. The van der Waals surface area contributed by atoms with Crippen molar-refractivity contribution in [2.45, 2.75) is 45.2 Å². The van der Waals surface area contributed by atoms with E-state index in [1.54, 1.807) is 0 Å². The zero-order valence-corrected chi connectivity index (χ0v) is 10.2. The number of nitrogens with one attached hydrogen (secondary N) is 1. The van der Waals surface area contributed by atoms with Crippen molar-refractivity contribution in [1.29, 1.82) is 0 Å². The number of furan rings is 1. The van der Waals surface area contributed by atoms with Crippen molar-refractivity contribution in [3.05, 3.63) is 23.7 Å². The van der Waals surface area contributed by atoms with Crippen LogP contribution >= 0.6 is 0 Å². The first kappa shape index (κ1) is 11.7. The van der Waals surface area contributed by atoms with Crippen LogP contribution in [0.15, 0.2) is 16.5 Å². The number of aryl methyl sites for hydroxylation is 1. The van der Waals surface area contributed by atoms with Crippen LogP contribution in [0.1, 0.15) is 43.7 Å². The fourth-order valence-electron chi connectivity index (χ4n) is 2.19. The van der Waals surface area contributed by atoms with Crippen LogP contribution in [-0.2, 0) is 4.74 Å². The van der Waals surface area contributed by atoms with Crippen LogP contribution in [0.3, 0.4) is 0 Å². The van der Waals surface area contributed by atoms with Gasteiger partial charge >= 0.3 is 0 Å². The summed E-state index contributed by atoms with van der Waals surface area (Å²) >= 11 is 0. The van der Waals surface area contributed by atoms with Crippen molar-refractivity contribution in [1.82, 2.24) is 5.32 Å². The van der Waals surface area contributed by atoms with Gasteiger partial charge in [-0.3, -0.25) is 0 Å². The van der Waals surface area contributed by atoms with Crippen molar-refractivity contribution >= 4 is 0 Å². The first-order chi connectivity index (χ1) is 7.75. The van der Waals surface area contributed by atoms with E-state index in [9.17, 15) is 0 Å². The summed E-state index contributed by atoms with van der Waals surface area (Å²) in [6.45, 7) is 5.92. The third-order valence-electron chi connectivity index (χ3n) is 3.13. The zero-order valence-electron chi connectivity index (χ0n) is 10.2. The lowest BCUT2D eigenvalue weighted by Gasteiger charge is -2.20. The number of ether oxygens (including phenoxy) is 1. The summed E-state index contributed by atoms with van der Waals surface area (Å²) in [6.07, 6.45) is 3.45. The van der Waals surface area contributed by atoms with Gasteiger partial charge in [0.25, 0.3) is 0 Å². The van der Waals surface area contributed by atoms with Crippen molar-refractivity contribution in [3.8, 4) is 0 Å². The Morgan fingerprint density at radius 2 is 2.19 bits per heavy atom. The molecule has 0 saturated carbocycles. The van der Waals surface area contributed by atoms with Gasteiger partial charge in [0.1, 0.15) is 11.5 Å². The summed E-state index contributed by atoms with van der Waals surface area (Å²) in [5.74, 6) is 2.01. The lowest BCUT2D eigenvalue weighted by Crippen LogP contribution is -2.31. The highest BCUT2D eigenvalue weighted by atomic mass is 16.5. The molecule has 0 radical (unpaired) electrons. The molecular weight excluding hydrogens is 202 g/mol. The van der Waals surface area contributed by atoms with E-state index < -0.39 is 0 Å². The summed E-state index contributed by atoms with van der Waals surface area (Å²) in [6, 6.07) is 4.92. The molecule has 2 heterocycles. The monoisotopic (exact) mass is 223 g/mol. The van der Waals surface area contributed by atoms with Gasteiger partial charge in [0.2, 0.25) is 0 Å². The van der Waals surface area contributed by atoms with Crippen molar-refractivity contribution in [2.24, 2.45) is 0 Å². The normalized spacial score (nSPS) is 24.0. The smallest absolute Gasteiger partial charge is 0.120 e. The average molecular weight is 223 g/mol. The first-order valence-electron chi connectivity index (χ1n) is 6.16. The molecule has 90 valence electrons. The van der Waals surface area contributed by atoms with Crippen LogP contribution in [0, 0.1) is 6.92 Å². The summed E-state index contributed by atoms with van der Waals surface area (Å²) in [7, 11) is 0. The molecule has 2 unspecified atom stereocenters. The minimum atomic E-state index is 0.289. The second kappa shape index (κ2) is 5.51. The van der Waals surface area contributed by atoms with Gasteiger partial charge in [-0.1, -0.05) is 0 Å². The van der Waals surface area contributed by atoms with E-state index in [0.717, 1.165) is 37.6 Å². The van der Waals surface area contributed by atoms with E-state index in [-0.39, 0.29) is 6.04 Å². The van der Waals surface area contributed by atoms with E-state index >= 15 is 0 Å². The molecule has 2 atom stereocenters. The van der Waals surface area contributed by atoms with Gasteiger partial charge in [-0.25, -0.2) is 0 Å². The standard InChI is InChI=1S/C13H21NO2/c1-10-5-6-13(16-10)11(2)14-12-4-3-8-15-9-7-12/h5-6,11-12,14H,3-4,7-9H2,1-2H3. The van der Waals surface area contributed by atoms with Gasteiger partial charge in [0.15, 0.2) is 0 Å². The Morgan fingerprint density at radius 1 is 1.31 bits per heavy atom. The van der Waals surface area contributed by atoms with Crippen LogP contribution in [-0.4, -0.2) is 19.3 Å². The van der Waals surface area contributed by atoms with Crippen molar-refractivity contribution in [2.75, 3.05) is 13.2 Å². The summed E-state index contributed by atoms with van der Waals surface area (Å²) in [4.78, 5) is 0. The first-order valence-corrected chi connectivity index (χ1v) is 6.16. The Bertz CT molecular complexity index is 313. The highest BCUT2D eigenvalue weighted by molar-refractivity contribution is 5.09. The van der Waals surface area contributed by atoms with Gasteiger partial charge < -0.3 is 14.5 Å². The Kier molecular flexibility index (Phi) is 4.02. The maximum atomic E-state index is 5.62. The molecule has 3 nitrogen and oxygen atoms in total. The molecule has 0 spiro atoms. The average Bonchev–Trinajstić information content (AvgIpc) is 2.54. The molecule has 3 heteroatoms. The lowest BCUT2D eigenvalue weighted by atomic mass is 10.1. The molecule has 16 heavy (non-hydrogen) atoms. The molecule has 1 aromatic rings. The van der Waals surface area contributed by atoms with E-state index in [2.05, 4.69) is 18.3 Å². The third kappa shape index (κ3) is 3.09. The molecule has 1 saturated heterocycles. The van der Waals surface area contributed by atoms with Gasteiger partial charge in [0.05, 0.1) is 6.04 Å². The van der Waals surface area contributed by atoms with Crippen LogP contribution in [0.25, 0.3) is 0 Å². The zero-order chi connectivity index (χ0) is 11.4. The fraction of sp³-hybridized carbons (Fsp3) is 0.692. The SMILES string of the molecule is Cc1ccc(C(C)NC2CCCOCC2)o1. The van der Waals surface area contributed by atoms with Gasteiger partial charge in [-0.05, 0) is 45.2 Å². The molecule has 1 aliphatic rings. The highest BCUT2D eigenvalue weighted by Crippen LogP contribution is 2.18. The largest absolute Gasteiger partial charge is 0.465 e. The number of rotatable bonds is 3. The lowest BCUT2D eigenvalue weighted by molar-refractivity contribution is 0.142. The maximum Gasteiger partial charge on any atom is 0.120 e. The van der Waals surface area contributed by atoms with Gasteiger partial charge in [0, 0.05) is 19.3 Å². The number of hydrogen-bond acceptors (Lipinski definition) is 3. The molecule has 0 aliphatic carbocycles. The predicted octanol–water partition coefficient (Wildman–Crippen LogP) is 2.81. The van der Waals surface area contributed by atoms with E-state index in [1.165, 1.54) is 6.42 Å². The van der Waals surface area contributed by atoms with Gasteiger partial charge in [-0.15, -0.1) is 0 Å². The van der Waals surface area contributed by atoms with E-state index in [0.29, 0.717) is 6.04 Å². The minimum Gasteiger partial charge on any atom is -0.465 e. The number of hydrogen-bond donors (Lipinski definition) is 1. The Morgan fingerprint density at radius 3 is 2.94 bits per heavy atom. The molecule has 1 aromatic heterocycles. The quantitative estimate of drug-likeness (QED) is 0.855. The second-order valence-electron chi connectivity index (χ2n) is 4.58. The van der Waals surface area contributed by atoms with E-state index in [1.807, 2.05) is 13.0 Å². The van der Waals surface area contributed by atoms with Crippen molar-refractivity contribution < 1.29 is 9.15 Å². The van der Waals surface area contributed by atoms with Crippen LogP contribution < -0.4 is 5.32 Å². The molecule has 0 amide bonds. The van der Waals surface area contributed by atoms with Crippen LogP contribution in [0.5, 0.6) is 0 Å². The van der Waals surface area contributed by atoms with E-state index in [4.69, 9.17) is 9.15 Å². The third-order valence-corrected chi connectivity index (χ3v) is 3.13. The topological polar surface area (TPSA) is 34.4 Å². The maximum absolute atomic E-state index is 5.62. The fourth-order valence-corrected chi connectivity index (χ4v) is 2.19. The van der Waals surface area contributed by atoms with Crippen LogP contribution in [0.2, 0.25) is 0 Å².